The highest BCUT2D eigenvalue weighted by molar-refractivity contribution is 7.99. The second-order valence-electron chi connectivity index (χ2n) is 15.8. The van der Waals surface area contributed by atoms with Crippen LogP contribution in [0.1, 0.15) is 133 Å². The van der Waals surface area contributed by atoms with Crippen molar-refractivity contribution in [1.82, 2.24) is 10.6 Å². The van der Waals surface area contributed by atoms with Crippen LogP contribution >= 0.6 is 23.5 Å². The third-order valence-electron chi connectivity index (χ3n) is 9.00. The zero-order valence-corrected chi connectivity index (χ0v) is 39.4. The van der Waals surface area contributed by atoms with E-state index in [1.165, 1.54) is 70.8 Å². The molecular weight excluding hydrogens is 805 g/mol. The van der Waals surface area contributed by atoms with E-state index in [1.54, 1.807) is 0 Å². The van der Waals surface area contributed by atoms with E-state index in [0.717, 1.165) is 51.4 Å². The molecule has 0 aromatic carbocycles. The fourth-order valence-corrected chi connectivity index (χ4v) is 7.09. The van der Waals surface area contributed by atoms with Crippen LogP contribution in [0.3, 0.4) is 0 Å². The number of aliphatic carboxylic acids is 4. The third kappa shape index (κ3) is 34.8. The number of carboxylic acids is 4. The van der Waals surface area contributed by atoms with Gasteiger partial charge in [0.2, 0.25) is 11.8 Å². The van der Waals surface area contributed by atoms with E-state index in [4.69, 9.17) is 10.2 Å². The van der Waals surface area contributed by atoms with Gasteiger partial charge in [-0.15, -0.1) is 0 Å². The smallest absolute Gasteiger partial charge is 0.327 e. The van der Waals surface area contributed by atoms with Crippen molar-refractivity contribution in [2.24, 2.45) is 11.8 Å². The molecular formula is C46H74N2O10S2. The Morgan fingerprint density at radius 2 is 0.850 bits per heavy atom. The van der Waals surface area contributed by atoms with Crippen LogP contribution in [0.4, 0.5) is 0 Å². The number of thioether (sulfide) groups is 2. The number of rotatable bonds is 30. The van der Waals surface area contributed by atoms with E-state index in [1.807, 2.05) is 0 Å². The Morgan fingerprint density at radius 3 is 1.20 bits per heavy atom. The van der Waals surface area contributed by atoms with Crippen LogP contribution in [0, 0.1) is 11.8 Å². The van der Waals surface area contributed by atoms with E-state index in [-0.39, 0.29) is 24.3 Å². The van der Waals surface area contributed by atoms with Crippen LogP contribution in [0.5, 0.6) is 0 Å². The first-order valence-corrected chi connectivity index (χ1v) is 22.9. The Labute approximate surface area is 368 Å². The van der Waals surface area contributed by atoms with E-state index >= 15 is 0 Å². The maximum Gasteiger partial charge on any atom is 0.327 e. The number of hydrogen-bond donors (Lipinski definition) is 6. The minimum Gasteiger partial charge on any atom is -0.481 e. The lowest BCUT2D eigenvalue weighted by Gasteiger charge is -2.16. The quantitative estimate of drug-likeness (QED) is 0.0295. The molecule has 2 unspecified atom stereocenters. The first-order valence-electron chi connectivity index (χ1n) is 20.6. The van der Waals surface area contributed by atoms with Gasteiger partial charge >= 0.3 is 23.9 Å². The number of carbonyl (C=O) groups is 6. The predicted molar refractivity (Wildman–Crippen MR) is 247 cm³/mol. The fraction of sp³-hybridized carbons (Fsp3) is 0.609. The first-order chi connectivity index (χ1) is 28.0. The van der Waals surface area contributed by atoms with Gasteiger partial charge in [-0.3, -0.25) is 19.2 Å². The Balaban J connectivity index is 0. The molecule has 0 aliphatic carbocycles. The van der Waals surface area contributed by atoms with Gasteiger partial charge in [0.05, 0.1) is 12.3 Å². The largest absolute Gasteiger partial charge is 0.481 e. The standard InChI is InChI=1S/2C23H37NO5S/c1-16(2)8-6-9-17(3)10-7-11-18(4)12-13-30-15-20(23(28)29)24-22(27)19(5)14-21(25)26;1-16(2)8-6-9-17(3)10-7-11-18(4)12-13-30-15-20(23(28)29)24-21(25)14-19(5)22(26)27/h8,10,12,19-20H,6-7,9,11,13-15H2,1-5H3,(H,24,27)(H,25,26)(H,28,29);8,10,12,19-20H,6-7,9,11,13-15H2,1-5H3,(H,24,25)(H,26,27)(H,28,29)/b2*17-10+,18-12+/t2*19?,20-/m00/s1. The number of hydrogen-bond acceptors (Lipinski definition) is 8. The maximum atomic E-state index is 11.9. The van der Waals surface area contributed by atoms with Crippen LogP contribution in [0.2, 0.25) is 0 Å². The maximum absolute atomic E-state index is 11.9. The van der Waals surface area contributed by atoms with Gasteiger partial charge in [-0.2, -0.15) is 23.5 Å². The highest BCUT2D eigenvalue weighted by Crippen LogP contribution is 2.15. The van der Waals surface area contributed by atoms with Crippen molar-refractivity contribution in [3.63, 3.8) is 0 Å². The molecule has 12 nitrogen and oxygen atoms in total. The molecule has 0 radical (unpaired) electrons. The first kappa shape index (κ1) is 58.1. The van der Waals surface area contributed by atoms with Crippen LogP contribution in [0.25, 0.3) is 0 Å². The summed E-state index contributed by atoms with van der Waals surface area (Å²) in [6, 6.07) is -2.05. The molecule has 0 fully saturated rings. The molecule has 4 atom stereocenters. The molecule has 0 aliphatic rings. The predicted octanol–water partition coefficient (Wildman–Crippen LogP) is 9.64. The molecule has 0 bridgehead atoms. The van der Waals surface area contributed by atoms with Crippen molar-refractivity contribution in [2.45, 2.75) is 146 Å². The fourth-order valence-electron chi connectivity index (χ4n) is 5.09. The average Bonchev–Trinajstić information content (AvgIpc) is 3.13. The Bertz CT molecular complexity index is 1550. The van der Waals surface area contributed by atoms with Crippen LogP contribution < -0.4 is 10.6 Å². The van der Waals surface area contributed by atoms with Crippen molar-refractivity contribution < 1.29 is 49.2 Å². The number of amides is 2. The molecule has 0 heterocycles. The molecule has 340 valence electrons. The summed E-state index contributed by atoms with van der Waals surface area (Å²) in [5.41, 5.74) is 7.99. The van der Waals surface area contributed by atoms with Crippen LogP contribution in [-0.4, -0.2) is 91.2 Å². The third-order valence-corrected chi connectivity index (χ3v) is 10.9. The van der Waals surface area contributed by atoms with Gasteiger partial charge in [-0.05, 0) is 107 Å². The molecule has 0 saturated carbocycles. The normalized spacial score (nSPS) is 14.0. The van der Waals surface area contributed by atoms with Crippen LogP contribution in [-0.2, 0) is 28.8 Å². The van der Waals surface area contributed by atoms with E-state index < -0.39 is 59.6 Å². The molecule has 0 aliphatic heterocycles. The second-order valence-corrected chi connectivity index (χ2v) is 17.9. The van der Waals surface area contributed by atoms with Gasteiger partial charge in [-0.1, -0.05) is 83.7 Å². The van der Waals surface area contributed by atoms with E-state index in [2.05, 4.69) is 102 Å². The van der Waals surface area contributed by atoms with Gasteiger partial charge in [0.1, 0.15) is 12.1 Å². The Morgan fingerprint density at radius 1 is 0.483 bits per heavy atom. The van der Waals surface area contributed by atoms with Crippen LogP contribution in [0.15, 0.2) is 69.9 Å². The zero-order valence-electron chi connectivity index (χ0n) is 37.7. The summed E-state index contributed by atoms with van der Waals surface area (Å²) in [4.78, 5) is 67.9. The molecule has 0 aromatic rings. The van der Waals surface area contributed by atoms with Crippen molar-refractivity contribution in [3.05, 3.63) is 69.9 Å². The SMILES string of the molecule is CC(C)=CCC/C(C)=C/CC/C(C)=C/CSC[C@H](NC(=O)C(C)CC(=O)O)C(=O)O.CC(C)=CCC/C(C)=C/CC/C(C)=C/CSC[C@H](NC(=O)CC(C)C(=O)O)C(=O)O. The van der Waals surface area contributed by atoms with Gasteiger partial charge in [0.15, 0.2) is 0 Å². The summed E-state index contributed by atoms with van der Waals surface area (Å²) in [6.07, 6.45) is 20.9. The minimum absolute atomic E-state index is 0.230. The molecule has 0 saturated heterocycles. The summed E-state index contributed by atoms with van der Waals surface area (Å²) in [6.45, 7) is 19.8. The monoisotopic (exact) mass is 878 g/mol. The minimum atomic E-state index is -1.12. The lowest BCUT2D eigenvalue weighted by atomic mass is 10.1. The molecule has 60 heavy (non-hydrogen) atoms. The Hall–Kier alpha value is -4.04. The van der Waals surface area contributed by atoms with Crippen molar-refractivity contribution in [2.75, 3.05) is 23.0 Å². The van der Waals surface area contributed by atoms with Gasteiger partial charge < -0.3 is 31.1 Å². The molecule has 0 aromatic heterocycles. The lowest BCUT2D eigenvalue weighted by molar-refractivity contribution is -0.144. The summed E-state index contributed by atoms with van der Waals surface area (Å²) >= 11 is 2.86. The summed E-state index contributed by atoms with van der Waals surface area (Å²) in [5, 5.41) is 41.0. The number of carbonyl (C=O) groups excluding carboxylic acids is 2. The summed E-state index contributed by atoms with van der Waals surface area (Å²) < 4.78 is 0. The molecule has 0 spiro atoms. The Kier molecular flexibility index (Phi) is 33.5. The highest BCUT2D eigenvalue weighted by Gasteiger charge is 2.24. The van der Waals surface area contributed by atoms with Crippen molar-refractivity contribution in [1.29, 1.82) is 0 Å². The van der Waals surface area contributed by atoms with E-state index in [0.29, 0.717) is 11.5 Å². The topological polar surface area (TPSA) is 207 Å². The molecule has 2 amide bonds. The van der Waals surface area contributed by atoms with Gasteiger partial charge in [0, 0.05) is 35.4 Å². The highest BCUT2D eigenvalue weighted by atomic mass is 32.2. The van der Waals surface area contributed by atoms with E-state index in [9.17, 15) is 39.0 Å². The molecule has 14 heteroatoms. The average molecular weight is 879 g/mol. The van der Waals surface area contributed by atoms with Crippen molar-refractivity contribution >= 4 is 59.2 Å². The number of carboxylic acid groups (broad SMARTS) is 4. The van der Waals surface area contributed by atoms with Gasteiger partial charge in [-0.25, -0.2) is 9.59 Å². The zero-order chi connectivity index (χ0) is 46.2. The van der Waals surface area contributed by atoms with Crippen molar-refractivity contribution in [3.8, 4) is 0 Å². The number of nitrogens with one attached hydrogen (secondary N) is 2. The summed E-state index contributed by atoms with van der Waals surface area (Å²) in [5.74, 6) is -5.33. The number of allylic oxidation sites excluding steroid dienone is 10. The molecule has 0 rings (SSSR count). The molecule has 6 N–H and O–H groups in total. The lowest BCUT2D eigenvalue weighted by Crippen LogP contribution is -2.45. The summed E-state index contributed by atoms with van der Waals surface area (Å²) in [7, 11) is 0. The second kappa shape index (κ2) is 34.6. The van der Waals surface area contributed by atoms with Gasteiger partial charge in [0.25, 0.3) is 0 Å².